The molecule has 0 N–H and O–H groups in total. The number of hydrogen-bond donors (Lipinski definition) is 0. The van der Waals surface area contributed by atoms with E-state index in [2.05, 4.69) is 0 Å². The lowest BCUT2D eigenvalue weighted by Gasteiger charge is -2.30. The number of carbonyl (C=O) groups is 3. The third kappa shape index (κ3) is 4.71. The second-order valence-electron chi connectivity index (χ2n) is 5.89. The maximum Gasteiger partial charge on any atom is 0.308 e. The fourth-order valence-electron chi connectivity index (χ4n) is 2.80. The summed E-state index contributed by atoms with van der Waals surface area (Å²) in [5, 5.41) is 0. The van der Waals surface area contributed by atoms with E-state index in [1.54, 1.807) is 23.1 Å². The molecule has 0 radical (unpaired) electrons. The monoisotopic (exact) mass is 349 g/mol. The normalized spacial score (nSPS) is 14.8. The van der Waals surface area contributed by atoms with Crippen LogP contribution in [0.4, 0.5) is 0 Å². The number of hydrogen-bond acceptors (Lipinski definition) is 6. The first-order chi connectivity index (χ1) is 12.0. The van der Waals surface area contributed by atoms with Crippen molar-refractivity contribution in [2.24, 2.45) is 5.92 Å². The molecular weight excluding hydrogens is 326 g/mol. The molecule has 0 bridgehead atoms. The molecule has 1 aromatic rings. The number of benzene rings is 1. The number of Topliss-reactive ketones (excluding diaryl/α,β-unsaturated/α-hetero) is 1. The minimum atomic E-state index is -0.231. The molecule has 1 heterocycles. The van der Waals surface area contributed by atoms with Crippen LogP contribution < -0.4 is 9.47 Å². The second kappa shape index (κ2) is 8.50. The van der Waals surface area contributed by atoms with Crippen molar-refractivity contribution in [2.75, 3.05) is 33.9 Å². The maximum absolute atomic E-state index is 12.3. The number of ether oxygens (including phenoxy) is 3. The van der Waals surface area contributed by atoms with Crippen LogP contribution in [0, 0.1) is 5.92 Å². The summed E-state index contributed by atoms with van der Waals surface area (Å²) < 4.78 is 15.4. The van der Waals surface area contributed by atoms with Crippen LogP contribution >= 0.6 is 0 Å². The molecule has 1 aliphatic heterocycles. The standard InChI is InChI=1S/C18H23NO6/c1-12(20)15-5-4-14(23-2)10-16(15)25-11-17(21)19-8-6-13(7-9-19)18(22)24-3/h4-5,10,13H,6-9,11H2,1-3H3. The molecule has 0 saturated carbocycles. The first-order valence-corrected chi connectivity index (χ1v) is 8.13. The fourth-order valence-corrected chi connectivity index (χ4v) is 2.80. The van der Waals surface area contributed by atoms with Gasteiger partial charge in [0, 0.05) is 19.2 Å². The summed E-state index contributed by atoms with van der Waals surface area (Å²) >= 11 is 0. The number of methoxy groups -OCH3 is 2. The Hall–Kier alpha value is -2.57. The van der Waals surface area contributed by atoms with Crippen molar-refractivity contribution < 1.29 is 28.6 Å². The summed E-state index contributed by atoms with van der Waals surface area (Å²) in [5.74, 6) is 0.157. The lowest BCUT2D eigenvalue weighted by atomic mass is 9.97. The molecular formula is C18H23NO6. The van der Waals surface area contributed by atoms with Gasteiger partial charge in [0.05, 0.1) is 25.7 Å². The number of piperidine rings is 1. The highest BCUT2D eigenvalue weighted by Gasteiger charge is 2.28. The molecule has 1 amide bonds. The van der Waals surface area contributed by atoms with E-state index in [0.717, 1.165) is 0 Å². The molecule has 2 rings (SSSR count). The van der Waals surface area contributed by atoms with Crippen molar-refractivity contribution >= 4 is 17.7 Å². The van der Waals surface area contributed by atoms with Gasteiger partial charge >= 0.3 is 5.97 Å². The van der Waals surface area contributed by atoms with Gasteiger partial charge in [0.2, 0.25) is 0 Å². The smallest absolute Gasteiger partial charge is 0.308 e. The highest BCUT2D eigenvalue weighted by atomic mass is 16.5. The molecule has 0 aliphatic carbocycles. The average molecular weight is 349 g/mol. The van der Waals surface area contributed by atoms with Crippen LogP contribution in [0.15, 0.2) is 18.2 Å². The Morgan fingerprint density at radius 3 is 2.40 bits per heavy atom. The number of ketones is 1. The van der Waals surface area contributed by atoms with Crippen molar-refractivity contribution in [1.29, 1.82) is 0 Å². The summed E-state index contributed by atoms with van der Waals surface area (Å²) in [6.45, 7) is 2.24. The summed E-state index contributed by atoms with van der Waals surface area (Å²) in [6.07, 6.45) is 1.16. The summed E-state index contributed by atoms with van der Waals surface area (Å²) in [6, 6.07) is 4.87. The molecule has 0 unspecified atom stereocenters. The van der Waals surface area contributed by atoms with Gasteiger partial charge in [0.15, 0.2) is 12.4 Å². The van der Waals surface area contributed by atoms with Gasteiger partial charge in [-0.2, -0.15) is 0 Å². The van der Waals surface area contributed by atoms with E-state index in [1.165, 1.54) is 21.1 Å². The predicted molar refractivity (Wildman–Crippen MR) is 89.8 cm³/mol. The highest BCUT2D eigenvalue weighted by Crippen LogP contribution is 2.25. The summed E-state index contributed by atoms with van der Waals surface area (Å²) in [5.41, 5.74) is 0.401. The molecule has 25 heavy (non-hydrogen) atoms. The second-order valence-corrected chi connectivity index (χ2v) is 5.89. The van der Waals surface area contributed by atoms with Gasteiger partial charge in [0.25, 0.3) is 5.91 Å². The Morgan fingerprint density at radius 1 is 1.16 bits per heavy atom. The minimum absolute atomic E-state index is 0.149. The molecule has 0 atom stereocenters. The van der Waals surface area contributed by atoms with Gasteiger partial charge in [-0.1, -0.05) is 0 Å². The number of amides is 1. The molecule has 136 valence electrons. The Balaban J connectivity index is 1.94. The first kappa shape index (κ1) is 18.8. The Morgan fingerprint density at radius 2 is 1.84 bits per heavy atom. The van der Waals surface area contributed by atoms with Gasteiger partial charge in [0.1, 0.15) is 11.5 Å². The van der Waals surface area contributed by atoms with E-state index in [0.29, 0.717) is 43.0 Å². The van der Waals surface area contributed by atoms with Gasteiger partial charge in [-0.15, -0.1) is 0 Å². The van der Waals surface area contributed by atoms with E-state index in [4.69, 9.17) is 14.2 Å². The Labute approximate surface area is 146 Å². The predicted octanol–water partition coefficient (Wildman–Crippen LogP) is 1.69. The SMILES string of the molecule is COC(=O)C1CCN(C(=O)COc2cc(OC)ccc2C(C)=O)CC1. The van der Waals surface area contributed by atoms with Gasteiger partial charge in [-0.3, -0.25) is 14.4 Å². The molecule has 7 nitrogen and oxygen atoms in total. The van der Waals surface area contributed by atoms with Crippen LogP contribution in [0.1, 0.15) is 30.1 Å². The zero-order valence-corrected chi connectivity index (χ0v) is 14.7. The van der Waals surface area contributed by atoms with E-state index in [-0.39, 0.29) is 30.2 Å². The van der Waals surface area contributed by atoms with E-state index >= 15 is 0 Å². The van der Waals surface area contributed by atoms with Gasteiger partial charge < -0.3 is 19.1 Å². The van der Waals surface area contributed by atoms with E-state index in [1.807, 2.05) is 0 Å². The minimum Gasteiger partial charge on any atom is -0.497 e. The number of rotatable bonds is 6. The average Bonchev–Trinajstić information content (AvgIpc) is 2.65. The fraction of sp³-hybridized carbons (Fsp3) is 0.500. The van der Waals surface area contributed by atoms with Gasteiger partial charge in [-0.05, 0) is 31.9 Å². The quantitative estimate of drug-likeness (QED) is 0.574. The van der Waals surface area contributed by atoms with Crippen molar-refractivity contribution in [2.45, 2.75) is 19.8 Å². The topological polar surface area (TPSA) is 82.1 Å². The number of esters is 1. The van der Waals surface area contributed by atoms with Crippen LogP contribution in [0.5, 0.6) is 11.5 Å². The highest BCUT2D eigenvalue weighted by molar-refractivity contribution is 5.97. The van der Waals surface area contributed by atoms with Gasteiger partial charge in [-0.25, -0.2) is 0 Å². The van der Waals surface area contributed by atoms with E-state index < -0.39 is 0 Å². The van der Waals surface area contributed by atoms with Crippen LogP contribution in [-0.4, -0.2) is 56.5 Å². The Kier molecular flexibility index (Phi) is 6.38. The lowest BCUT2D eigenvalue weighted by molar-refractivity contribution is -0.149. The third-order valence-electron chi connectivity index (χ3n) is 4.30. The molecule has 1 aromatic carbocycles. The van der Waals surface area contributed by atoms with Crippen LogP contribution in [-0.2, 0) is 14.3 Å². The third-order valence-corrected chi connectivity index (χ3v) is 4.30. The zero-order chi connectivity index (χ0) is 18.4. The van der Waals surface area contributed by atoms with Crippen molar-refractivity contribution in [1.82, 2.24) is 4.90 Å². The number of likely N-dealkylation sites (tertiary alicyclic amines) is 1. The van der Waals surface area contributed by atoms with Crippen molar-refractivity contribution in [3.8, 4) is 11.5 Å². The molecule has 1 aliphatic rings. The van der Waals surface area contributed by atoms with Crippen LogP contribution in [0.2, 0.25) is 0 Å². The summed E-state index contributed by atoms with van der Waals surface area (Å²) in [4.78, 5) is 37.2. The van der Waals surface area contributed by atoms with Crippen molar-refractivity contribution in [3.63, 3.8) is 0 Å². The molecule has 7 heteroatoms. The molecule has 1 fully saturated rings. The molecule has 0 spiro atoms. The van der Waals surface area contributed by atoms with Crippen molar-refractivity contribution in [3.05, 3.63) is 23.8 Å². The first-order valence-electron chi connectivity index (χ1n) is 8.13. The van der Waals surface area contributed by atoms with Crippen LogP contribution in [0.25, 0.3) is 0 Å². The summed E-state index contributed by atoms with van der Waals surface area (Å²) in [7, 11) is 2.89. The maximum atomic E-state index is 12.3. The lowest BCUT2D eigenvalue weighted by Crippen LogP contribution is -2.42. The Bertz CT molecular complexity index is 649. The molecule has 0 aromatic heterocycles. The number of carbonyl (C=O) groups excluding carboxylic acids is 3. The van der Waals surface area contributed by atoms with E-state index in [9.17, 15) is 14.4 Å². The molecule has 1 saturated heterocycles. The zero-order valence-electron chi connectivity index (χ0n) is 14.7. The number of nitrogens with zero attached hydrogens (tertiary/aromatic N) is 1. The van der Waals surface area contributed by atoms with Crippen LogP contribution in [0.3, 0.4) is 0 Å². The largest absolute Gasteiger partial charge is 0.497 e.